The summed E-state index contributed by atoms with van der Waals surface area (Å²) in [6.07, 6.45) is 0.0536. The smallest absolute Gasteiger partial charge is 0.407 e. The van der Waals surface area contributed by atoms with Crippen LogP contribution >= 0.6 is 23.5 Å². The molecule has 2 amide bonds. The Balaban J connectivity index is 4.79. The Morgan fingerprint density at radius 1 is 0.700 bits per heavy atom. The fraction of sp³-hybridized carbons (Fsp3) is 0.800. The van der Waals surface area contributed by atoms with E-state index in [1.165, 1.54) is 13.8 Å². The van der Waals surface area contributed by atoms with Crippen LogP contribution in [0.3, 0.4) is 0 Å². The zero-order valence-electron chi connectivity index (χ0n) is 19.2. The van der Waals surface area contributed by atoms with Gasteiger partial charge in [0.05, 0.1) is 0 Å². The molecule has 0 heterocycles. The van der Waals surface area contributed by atoms with Gasteiger partial charge in [-0.25, -0.2) is 9.59 Å². The van der Waals surface area contributed by atoms with E-state index in [9.17, 15) is 19.2 Å². The molecule has 2 N–H and O–H groups in total. The van der Waals surface area contributed by atoms with E-state index in [0.717, 1.165) is 23.5 Å². The van der Waals surface area contributed by atoms with E-state index < -0.39 is 23.4 Å². The van der Waals surface area contributed by atoms with Gasteiger partial charge in [-0.15, -0.1) is 0 Å². The number of hydrogen-bond donors (Lipinski definition) is 2. The average molecular weight is 465 g/mol. The maximum atomic E-state index is 11.9. The highest BCUT2D eigenvalue weighted by atomic mass is 32.2. The van der Waals surface area contributed by atoms with Crippen LogP contribution in [-0.2, 0) is 19.1 Å². The summed E-state index contributed by atoms with van der Waals surface area (Å²) in [6, 6.07) is 0. The van der Waals surface area contributed by atoms with E-state index >= 15 is 0 Å². The number of alkyl carbamates (subject to hydrolysis) is 2. The van der Waals surface area contributed by atoms with Gasteiger partial charge in [0, 0.05) is 37.4 Å². The normalized spacial score (nSPS) is 13.7. The molecule has 0 aliphatic heterocycles. The Labute approximate surface area is 188 Å². The monoisotopic (exact) mass is 464 g/mol. The molecule has 0 bridgehead atoms. The van der Waals surface area contributed by atoms with Gasteiger partial charge in [0.1, 0.15) is 11.2 Å². The quantitative estimate of drug-likeness (QED) is 0.524. The first-order valence-corrected chi connectivity index (χ1v) is 11.6. The van der Waals surface area contributed by atoms with Crippen molar-refractivity contribution in [1.29, 1.82) is 0 Å². The summed E-state index contributed by atoms with van der Waals surface area (Å²) in [5.74, 6) is 0. The molecular weight excluding hydrogens is 428 g/mol. The van der Waals surface area contributed by atoms with E-state index in [4.69, 9.17) is 9.47 Å². The molecule has 10 heteroatoms. The fourth-order valence-corrected chi connectivity index (χ4v) is 4.05. The topological polar surface area (TPSA) is 111 Å². The number of amides is 2. The zero-order chi connectivity index (χ0) is 23.5. The lowest BCUT2D eigenvalue weighted by atomic mass is 10.2. The maximum Gasteiger partial charge on any atom is 0.407 e. The van der Waals surface area contributed by atoms with Gasteiger partial charge in [0.2, 0.25) is 0 Å². The van der Waals surface area contributed by atoms with Crippen LogP contribution in [0.5, 0.6) is 0 Å². The first-order valence-electron chi connectivity index (χ1n) is 9.85. The van der Waals surface area contributed by atoms with Gasteiger partial charge in [-0.2, -0.15) is 0 Å². The van der Waals surface area contributed by atoms with Crippen LogP contribution in [0.15, 0.2) is 0 Å². The van der Waals surface area contributed by atoms with Gasteiger partial charge < -0.3 is 20.1 Å². The molecule has 0 radical (unpaired) electrons. The zero-order valence-corrected chi connectivity index (χ0v) is 20.9. The molecule has 0 fully saturated rings. The SMILES string of the molecule is CC(=O)S[C@H](CC[C@@H](CNC(=O)OC(C)(C)C)SC(C)=O)CNC(=O)OC(C)(C)C. The molecule has 0 aliphatic rings. The van der Waals surface area contributed by atoms with Gasteiger partial charge in [0.15, 0.2) is 10.2 Å². The van der Waals surface area contributed by atoms with Crippen LogP contribution < -0.4 is 10.6 Å². The molecule has 0 saturated heterocycles. The van der Waals surface area contributed by atoms with Crippen molar-refractivity contribution >= 4 is 45.9 Å². The third-order valence-corrected chi connectivity index (χ3v) is 5.36. The second-order valence-corrected chi connectivity index (χ2v) is 11.8. The van der Waals surface area contributed by atoms with Crippen LogP contribution in [0.25, 0.3) is 0 Å². The molecule has 2 atom stereocenters. The first-order chi connectivity index (χ1) is 13.6. The maximum absolute atomic E-state index is 11.9. The summed E-state index contributed by atoms with van der Waals surface area (Å²) in [4.78, 5) is 46.9. The Kier molecular flexibility index (Phi) is 12.5. The standard InChI is InChI=1S/C20H36N2O6S2/c1-13(23)29-15(11-21-17(25)27-19(3,4)5)9-10-16(30-14(2)24)12-22-18(26)28-20(6,7)8/h15-16H,9-12H2,1-8H3,(H,21,25)(H,22,26)/t15-,16+. The van der Waals surface area contributed by atoms with Crippen molar-refractivity contribution in [3.8, 4) is 0 Å². The predicted octanol–water partition coefficient (Wildman–Crippen LogP) is 4.11. The minimum atomic E-state index is -0.607. The van der Waals surface area contributed by atoms with Crippen LogP contribution in [0.2, 0.25) is 0 Å². The molecule has 0 unspecified atom stereocenters. The lowest BCUT2D eigenvalue weighted by Gasteiger charge is -2.23. The van der Waals surface area contributed by atoms with Crippen molar-refractivity contribution in [1.82, 2.24) is 10.6 Å². The Morgan fingerprint density at radius 2 is 1.00 bits per heavy atom. The molecular formula is C20H36N2O6S2. The van der Waals surface area contributed by atoms with Gasteiger partial charge >= 0.3 is 12.2 Å². The molecule has 174 valence electrons. The number of ether oxygens (including phenoxy) is 2. The number of hydrogen-bond acceptors (Lipinski definition) is 8. The predicted molar refractivity (Wildman–Crippen MR) is 122 cm³/mol. The number of nitrogens with one attached hydrogen (secondary N) is 2. The minimum Gasteiger partial charge on any atom is -0.444 e. The lowest BCUT2D eigenvalue weighted by Crippen LogP contribution is -2.38. The summed E-state index contributed by atoms with van der Waals surface area (Å²) < 4.78 is 10.4. The first kappa shape index (κ1) is 28.6. The van der Waals surface area contributed by atoms with Gasteiger partial charge in [0.25, 0.3) is 0 Å². The Bertz CT molecular complexity index is 547. The molecule has 0 aliphatic carbocycles. The van der Waals surface area contributed by atoms with Crippen molar-refractivity contribution in [2.24, 2.45) is 0 Å². The molecule has 0 aromatic carbocycles. The summed E-state index contributed by atoms with van der Waals surface area (Å²) >= 11 is 2.27. The van der Waals surface area contributed by atoms with Crippen LogP contribution in [-0.4, -0.2) is 57.2 Å². The largest absolute Gasteiger partial charge is 0.444 e. The van der Waals surface area contributed by atoms with Crippen LogP contribution in [0.4, 0.5) is 9.59 Å². The van der Waals surface area contributed by atoms with Gasteiger partial charge in [-0.1, -0.05) is 23.5 Å². The summed E-state index contributed by atoms with van der Waals surface area (Å²) in [7, 11) is 0. The summed E-state index contributed by atoms with van der Waals surface area (Å²) in [6.45, 7) is 14.1. The molecule has 8 nitrogen and oxygen atoms in total. The van der Waals surface area contributed by atoms with E-state index in [1.54, 1.807) is 41.5 Å². The summed E-state index contributed by atoms with van der Waals surface area (Å²) in [5.41, 5.74) is -1.21. The Morgan fingerprint density at radius 3 is 1.23 bits per heavy atom. The number of carbonyl (C=O) groups excluding carboxylic acids is 4. The Hall–Kier alpha value is -1.42. The van der Waals surface area contributed by atoms with Gasteiger partial charge in [-0.3, -0.25) is 9.59 Å². The van der Waals surface area contributed by atoms with Crippen molar-refractivity contribution in [3.05, 3.63) is 0 Å². The van der Waals surface area contributed by atoms with Crippen molar-refractivity contribution in [3.63, 3.8) is 0 Å². The number of carbonyl (C=O) groups is 4. The second-order valence-electron chi connectivity index (χ2n) is 8.81. The second kappa shape index (κ2) is 13.1. The number of thioether (sulfide) groups is 2. The van der Waals surface area contributed by atoms with Crippen LogP contribution in [0.1, 0.15) is 68.2 Å². The average Bonchev–Trinajstić information content (AvgIpc) is 2.50. The van der Waals surface area contributed by atoms with Gasteiger partial charge in [-0.05, 0) is 54.4 Å². The summed E-state index contributed by atoms with van der Waals surface area (Å²) in [5, 5.41) is 4.90. The molecule has 0 aromatic rings. The van der Waals surface area contributed by atoms with E-state index in [2.05, 4.69) is 10.6 Å². The van der Waals surface area contributed by atoms with Crippen molar-refractivity contribution in [2.75, 3.05) is 13.1 Å². The fourth-order valence-electron chi connectivity index (χ4n) is 2.27. The number of rotatable bonds is 9. The highest BCUT2D eigenvalue weighted by Crippen LogP contribution is 2.23. The molecule has 0 aromatic heterocycles. The lowest BCUT2D eigenvalue weighted by molar-refractivity contribution is -0.110. The highest BCUT2D eigenvalue weighted by molar-refractivity contribution is 8.14. The van der Waals surface area contributed by atoms with E-state index in [0.29, 0.717) is 12.8 Å². The van der Waals surface area contributed by atoms with E-state index in [-0.39, 0.29) is 33.8 Å². The third-order valence-electron chi connectivity index (χ3n) is 3.22. The molecule has 0 rings (SSSR count). The third kappa shape index (κ3) is 17.4. The minimum absolute atomic E-state index is 0.0614. The van der Waals surface area contributed by atoms with E-state index in [1.807, 2.05) is 0 Å². The highest BCUT2D eigenvalue weighted by Gasteiger charge is 2.22. The van der Waals surface area contributed by atoms with Crippen molar-refractivity contribution < 1.29 is 28.7 Å². The van der Waals surface area contributed by atoms with Crippen molar-refractivity contribution in [2.45, 2.75) is 89.9 Å². The molecule has 0 spiro atoms. The van der Waals surface area contributed by atoms with Crippen LogP contribution in [0, 0.1) is 0 Å². The molecule has 0 saturated carbocycles. The molecule has 30 heavy (non-hydrogen) atoms.